The van der Waals surface area contributed by atoms with Crippen molar-refractivity contribution in [2.75, 3.05) is 29.5 Å². The molecule has 0 aliphatic carbocycles. The normalized spacial score (nSPS) is 19.4. The molecule has 0 aromatic carbocycles. The summed E-state index contributed by atoms with van der Waals surface area (Å²) in [7, 11) is 0. The molecule has 1 aliphatic heterocycles. The summed E-state index contributed by atoms with van der Waals surface area (Å²) in [5, 5.41) is 9.98. The van der Waals surface area contributed by atoms with Crippen LogP contribution in [0.3, 0.4) is 0 Å². The molecule has 6 heteroatoms. The number of nitrogens with two attached hydrogens (primary N) is 1. The highest BCUT2D eigenvalue weighted by atomic mass is 32.2. The Morgan fingerprint density at radius 1 is 1.56 bits per heavy atom. The molecule has 1 fully saturated rings. The van der Waals surface area contributed by atoms with Crippen molar-refractivity contribution in [1.82, 2.24) is 4.37 Å². The zero-order chi connectivity index (χ0) is 11.8. The van der Waals surface area contributed by atoms with E-state index in [4.69, 9.17) is 11.0 Å². The molecule has 0 atom stereocenters. The van der Waals surface area contributed by atoms with Crippen molar-refractivity contribution in [2.24, 2.45) is 0 Å². The summed E-state index contributed by atoms with van der Waals surface area (Å²) in [5.41, 5.74) is 6.21. The lowest BCUT2D eigenvalue weighted by Gasteiger charge is -2.38. The number of rotatable bonds is 1. The molecule has 16 heavy (non-hydrogen) atoms. The van der Waals surface area contributed by atoms with Crippen LogP contribution < -0.4 is 10.6 Å². The molecule has 2 rings (SSSR count). The Kier molecular flexibility index (Phi) is 3.00. The first-order valence-corrected chi connectivity index (χ1v) is 6.83. The smallest absolute Gasteiger partial charge is 0.157 e. The third kappa shape index (κ3) is 2.11. The van der Waals surface area contributed by atoms with E-state index in [0.29, 0.717) is 11.4 Å². The van der Waals surface area contributed by atoms with E-state index in [2.05, 4.69) is 29.2 Å². The van der Waals surface area contributed by atoms with E-state index < -0.39 is 0 Å². The second-order valence-corrected chi connectivity index (χ2v) is 6.94. The molecule has 0 spiro atoms. The SMILES string of the molecule is CC1(C)CN(c2snc(N)c2C#N)CCS1. The minimum Gasteiger partial charge on any atom is -0.382 e. The minimum absolute atomic E-state index is 0.226. The standard InChI is InChI=1S/C10H14N4S2/c1-10(2)6-14(3-4-15-10)9-7(5-11)8(12)13-16-9/h3-4,6H2,1-2H3,(H2,12,13). The third-order valence-corrected chi connectivity index (χ3v) is 4.75. The molecule has 2 heterocycles. The van der Waals surface area contributed by atoms with Gasteiger partial charge in [-0.15, -0.1) is 0 Å². The van der Waals surface area contributed by atoms with E-state index >= 15 is 0 Å². The number of nitriles is 1. The quantitative estimate of drug-likeness (QED) is 0.829. The first-order valence-electron chi connectivity index (χ1n) is 5.08. The van der Waals surface area contributed by atoms with Crippen molar-refractivity contribution in [2.45, 2.75) is 18.6 Å². The van der Waals surface area contributed by atoms with Gasteiger partial charge in [0.2, 0.25) is 0 Å². The summed E-state index contributed by atoms with van der Waals surface area (Å²) >= 11 is 3.29. The van der Waals surface area contributed by atoms with Gasteiger partial charge < -0.3 is 10.6 Å². The maximum absolute atomic E-state index is 9.05. The lowest BCUT2D eigenvalue weighted by atomic mass is 10.2. The van der Waals surface area contributed by atoms with Gasteiger partial charge in [0.15, 0.2) is 5.82 Å². The summed E-state index contributed by atoms with van der Waals surface area (Å²) in [6, 6.07) is 2.14. The lowest BCUT2D eigenvalue weighted by Crippen LogP contribution is -2.43. The third-order valence-electron chi connectivity index (χ3n) is 2.53. The number of nitrogen functional groups attached to an aromatic ring is 1. The van der Waals surface area contributed by atoms with Crippen molar-refractivity contribution in [1.29, 1.82) is 5.26 Å². The van der Waals surface area contributed by atoms with Crippen LogP contribution in [0.5, 0.6) is 0 Å². The average molecular weight is 254 g/mol. The van der Waals surface area contributed by atoms with Crippen LogP contribution in [0.1, 0.15) is 19.4 Å². The Morgan fingerprint density at radius 3 is 2.94 bits per heavy atom. The summed E-state index contributed by atoms with van der Waals surface area (Å²) < 4.78 is 4.28. The van der Waals surface area contributed by atoms with Gasteiger partial charge in [-0.05, 0) is 25.4 Å². The first-order chi connectivity index (χ1) is 7.53. The van der Waals surface area contributed by atoms with Gasteiger partial charge >= 0.3 is 0 Å². The monoisotopic (exact) mass is 254 g/mol. The fourth-order valence-corrected chi connectivity index (χ4v) is 3.70. The highest BCUT2D eigenvalue weighted by molar-refractivity contribution is 8.00. The molecule has 0 radical (unpaired) electrons. The average Bonchev–Trinajstić information content (AvgIpc) is 2.58. The van der Waals surface area contributed by atoms with Crippen LogP contribution >= 0.6 is 23.3 Å². The van der Waals surface area contributed by atoms with Gasteiger partial charge in [-0.25, -0.2) is 0 Å². The molecule has 0 amide bonds. The molecular formula is C10H14N4S2. The fraction of sp³-hybridized carbons (Fsp3) is 0.600. The second-order valence-electron chi connectivity index (χ2n) is 4.39. The van der Waals surface area contributed by atoms with Gasteiger partial charge in [-0.3, -0.25) is 0 Å². The maximum atomic E-state index is 9.05. The zero-order valence-electron chi connectivity index (χ0n) is 9.36. The van der Waals surface area contributed by atoms with Gasteiger partial charge in [0.05, 0.1) is 0 Å². The van der Waals surface area contributed by atoms with Crippen LogP contribution in [0, 0.1) is 11.3 Å². The molecule has 4 nitrogen and oxygen atoms in total. The van der Waals surface area contributed by atoms with Crippen LogP contribution in [0.4, 0.5) is 10.8 Å². The highest BCUT2D eigenvalue weighted by Gasteiger charge is 2.29. The topological polar surface area (TPSA) is 65.9 Å². The van der Waals surface area contributed by atoms with Crippen LogP contribution in [0.25, 0.3) is 0 Å². The van der Waals surface area contributed by atoms with E-state index in [1.807, 2.05) is 11.8 Å². The number of thioether (sulfide) groups is 1. The van der Waals surface area contributed by atoms with Crippen molar-refractivity contribution < 1.29 is 0 Å². The molecule has 86 valence electrons. The summed E-state index contributed by atoms with van der Waals surface area (Å²) in [6.45, 7) is 6.35. The number of hydrogen-bond acceptors (Lipinski definition) is 6. The fourth-order valence-electron chi connectivity index (χ4n) is 1.80. The zero-order valence-corrected chi connectivity index (χ0v) is 11.0. The predicted molar refractivity (Wildman–Crippen MR) is 70.0 cm³/mol. The van der Waals surface area contributed by atoms with E-state index in [0.717, 1.165) is 23.8 Å². The van der Waals surface area contributed by atoms with E-state index in [-0.39, 0.29) is 4.75 Å². The number of aromatic nitrogens is 1. The Bertz CT molecular complexity index is 433. The molecule has 1 aromatic rings. The molecule has 0 bridgehead atoms. The summed E-state index contributed by atoms with van der Waals surface area (Å²) in [6.07, 6.45) is 0. The lowest BCUT2D eigenvalue weighted by molar-refractivity contribution is 0.650. The molecule has 1 aromatic heterocycles. The van der Waals surface area contributed by atoms with Crippen molar-refractivity contribution in [3.63, 3.8) is 0 Å². The van der Waals surface area contributed by atoms with Crippen LogP contribution in [-0.2, 0) is 0 Å². The van der Waals surface area contributed by atoms with Crippen LogP contribution in [-0.4, -0.2) is 28.0 Å². The Hall–Kier alpha value is -0.930. The van der Waals surface area contributed by atoms with Crippen molar-refractivity contribution >= 4 is 34.1 Å². The molecule has 0 saturated carbocycles. The Morgan fingerprint density at radius 2 is 2.31 bits per heavy atom. The van der Waals surface area contributed by atoms with Gasteiger partial charge in [-0.1, -0.05) is 0 Å². The van der Waals surface area contributed by atoms with E-state index in [1.54, 1.807) is 0 Å². The van der Waals surface area contributed by atoms with Crippen molar-refractivity contribution in [3.05, 3.63) is 5.56 Å². The number of anilines is 2. The molecule has 1 aliphatic rings. The Labute approximate surface area is 104 Å². The van der Waals surface area contributed by atoms with Gasteiger partial charge in [0, 0.05) is 23.6 Å². The van der Waals surface area contributed by atoms with Crippen LogP contribution in [0.2, 0.25) is 0 Å². The molecule has 1 saturated heterocycles. The van der Waals surface area contributed by atoms with Crippen LogP contribution in [0.15, 0.2) is 0 Å². The second kappa shape index (κ2) is 4.15. The van der Waals surface area contributed by atoms with Crippen molar-refractivity contribution in [3.8, 4) is 6.07 Å². The summed E-state index contributed by atoms with van der Waals surface area (Å²) in [4.78, 5) is 2.23. The molecule has 2 N–H and O–H groups in total. The van der Waals surface area contributed by atoms with Gasteiger partial charge in [0.25, 0.3) is 0 Å². The first kappa shape index (κ1) is 11.6. The largest absolute Gasteiger partial charge is 0.382 e. The molecular weight excluding hydrogens is 240 g/mol. The van der Waals surface area contributed by atoms with Gasteiger partial charge in [0.1, 0.15) is 16.6 Å². The highest BCUT2D eigenvalue weighted by Crippen LogP contribution is 2.36. The predicted octanol–water partition coefficient (Wildman–Crippen LogP) is 1.93. The maximum Gasteiger partial charge on any atom is 0.157 e. The minimum atomic E-state index is 0.226. The van der Waals surface area contributed by atoms with E-state index in [1.165, 1.54) is 11.5 Å². The Balaban J connectivity index is 2.28. The summed E-state index contributed by atoms with van der Waals surface area (Å²) in [5.74, 6) is 1.44. The van der Waals surface area contributed by atoms with Gasteiger partial charge in [-0.2, -0.15) is 21.4 Å². The number of hydrogen-bond donors (Lipinski definition) is 1. The van der Waals surface area contributed by atoms with E-state index in [9.17, 15) is 0 Å². The molecule has 0 unspecified atom stereocenters. The number of nitrogens with zero attached hydrogens (tertiary/aromatic N) is 3.